The van der Waals surface area contributed by atoms with Crippen LogP contribution in [0.5, 0.6) is 0 Å². The van der Waals surface area contributed by atoms with Gasteiger partial charge in [-0.2, -0.15) is 0 Å². The molecule has 1 unspecified atom stereocenters. The SMILES string of the molecule is CCNC(C1=COCCC1)c1cc(Cl)ccc1I. The number of nitrogens with one attached hydrogen (secondary N) is 1. The number of hydrogen-bond acceptors (Lipinski definition) is 2. The van der Waals surface area contributed by atoms with Gasteiger partial charge in [-0.15, -0.1) is 0 Å². The molecule has 0 amide bonds. The van der Waals surface area contributed by atoms with Crippen LogP contribution in [0.15, 0.2) is 30.0 Å². The van der Waals surface area contributed by atoms with Gasteiger partial charge in [0, 0.05) is 8.59 Å². The molecule has 2 nitrogen and oxygen atoms in total. The molecular formula is C14H17ClINO. The number of likely N-dealkylation sites (N-methyl/N-ethyl adjacent to an activating group) is 1. The Morgan fingerprint density at radius 1 is 1.50 bits per heavy atom. The van der Waals surface area contributed by atoms with E-state index in [1.54, 1.807) is 0 Å². The van der Waals surface area contributed by atoms with E-state index in [-0.39, 0.29) is 6.04 Å². The molecule has 1 aromatic rings. The highest BCUT2D eigenvalue weighted by Gasteiger charge is 2.20. The van der Waals surface area contributed by atoms with Gasteiger partial charge in [0.05, 0.1) is 18.9 Å². The summed E-state index contributed by atoms with van der Waals surface area (Å²) in [5, 5.41) is 4.31. The van der Waals surface area contributed by atoms with Crippen molar-refractivity contribution in [3.63, 3.8) is 0 Å². The maximum absolute atomic E-state index is 6.12. The zero-order valence-electron chi connectivity index (χ0n) is 10.4. The Hall–Kier alpha value is -0.260. The molecular weight excluding hydrogens is 361 g/mol. The molecule has 0 bridgehead atoms. The molecule has 0 fully saturated rings. The minimum atomic E-state index is 0.209. The predicted molar refractivity (Wildman–Crippen MR) is 83.9 cm³/mol. The topological polar surface area (TPSA) is 21.3 Å². The number of rotatable bonds is 4. The highest BCUT2D eigenvalue weighted by Crippen LogP contribution is 2.32. The molecule has 0 spiro atoms. The fraction of sp³-hybridized carbons (Fsp3) is 0.429. The fourth-order valence-corrected chi connectivity index (χ4v) is 3.01. The van der Waals surface area contributed by atoms with Crippen LogP contribution in [0.2, 0.25) is 5.02 Å². The number of ether oxygens (including phenoxy) is 1. The standard InChI is InChI=1S/C14H17ClINO/c1-2-17-14(10-4-3-7-18-9-10)12-8-11(15)5-6-13(12)16/h5-6,8-9,14,17H,2-4,7H2,1H3. The van der Waals surface area contributed by atoms with E-state index in [9.17, 15) is 0 Å². The van der Waals surface area contributed by atoms with Crippen LogP contribution in [0, 0.1) is 3.57 Å². The van der Waals surface area contributed by atoms with E-state index in [0.29, 0.717) is 0 Å². The normalized spacial score (nSPS) is 16.9. The first-order valence-electron chi connectivity index (χ1n) is 6.21. The lowest BCUT2D eigenvalue weighted by Gasteiger charge is -2.25. The van der Waals surface area contributed by atoms with Gasteiger partial charge in [0.2, 0.25) is 0 Å². The first kappa shape index (κ1) is 14.2. The van der Waals surface area contributed by atoms with Gasteiger partial charge in [0.15, 0.2) is 0 Å². The van der Waals surface area contributed by atoms with Crippen LogP contribution in [-0.2, 0) is 4.74 Å². The van der Waals surface area contributed by atoms with Crippen molar-refractivity contribution in [3.8, 4) is 0 Å². The van der Waals surface area contributed by atoms with Gasteiger partial charge in [-0.25, -0.2) is 0 Å². The summed E-state index contributed by atoms with van der Waals surface area (Å²) >= 11 is 8.48. The second kappa shape index (κ2) is 6.78. The quantitative estimate of drug-likeness (QED) is 0.790. The maximum Gasteiger partial charge on any atom is 0.0876 e. The summed E-state index contributed by atoms with van der Waals surface area (Å²) in [4.78, 5) is 0. The highest BCUT2D eigenvalue weighted by molar-refractivity contribution is 14.1. The highest BCUT2D eigenvalue weighted by atomic mass is 127. The molecule has 0 saturated heterocycles. The monoisotopic (exact) mass is 377 g/mol. The van der Waals surface area contributed by atoms with E-state index in [4.69, 9.17) is 16.3 Å². The van der Waals surface area contributed by atoms with E-state index in [2.05, 4.69) is 40.9 Å². The van der Waals surface area contributed by atoms with Crippen LogP contribution in [0.3, 0.4) is 0 Å². The van der Waals surface area contributed by atoms with Crippen LogP contribution in [-0.4, -0.2) is 13.2 Å². The molecule has 1 heterocycles. The molecule has 18 heavy (non-hydrogen) atoms. The van der Waals surface area contributed by atoms with Crippen molar-refractivity contribution in [2.45, 2.75) is 25.8 Å². The van der Waals surface area contributed by atoms with E-state index < -0.39 is 0 Å². The number of halogens is 2. The van der Waals surface area contributed by atoms with Crippen molar-refractivity contribution >= 4 is 34.2 Å². The zero-order chi connectivity index (χ0) is 13.0. The summed E-state index contributed by atoms with van der Waals surface area (Å²) in [6.07, 6.45) is 4.08. The van der Waals surface area contributed by atoms with Gasteiger partial charge in [-0.05, 0) is 71.3 Å². The van der Waals surface area contributed by atoms with Crippen LogP contribution in [0.25, 0.3) is 0 Å². The smallest absolute Gasteiger partial charge is 0.0876 e. The van der Waals surface area contributed by atoms with Crippen molar-refractivity contribution in [1.29, 1.82) is 0 Å². The summed E-state index contributed by atoms with van der Waals surface area (Å²) in [6.45, 7) is 3.87. The van der Waals surface area contributed by atoms with E-state index >= 15 is 0 Å². The lowest BCUT2D eigenvalue weighted by atomic mass is 9.95. The largest absolute Gasteiger partial charge is 0.501 e. The summed E-state index contributed by atoms with van der Waals surface area (Å²) in [5.74, 6) is 0. The molecule has 1 N–H and O–H groups in total. The zero-order valence-corrected chi connectivity index (χ0v) is 13.3. The number of benzene rings is 1. The Bertz CT molecular complexity index is 447. The van der Waals surface area contributed by atoms with Gasteiger partial charge in [-0.3, -0.25) is 0 Å². The third kappa shape index (κ3) is 3.39. The Morgan fingerprint density at radius 3 is 3.00 bits per heavy atom. The average Bonchev–Trinajstić information content (AvgIpc) is 2.40. The first-order valence-corrected chi connectivity index (χ1v) is 7.67. The fourth-order valence-electron chi connectivity index (χ4n) is 2.18. The minimum absolute atomic E-state index is 0.209. The van der Waals surface area contributed by atoms with Gasteiger partial charge >= 0.3 is 0 Å². The van der Waals surface area contributed by atoms with E-state index in [1.165, 1.54) is 14.7 Å². The minimum Gasteiger partial charge on any atom is -0.501 e. The number of hydrogen-bond donors (Lipinski definition) is 1. The van der Waals surface area contributed by atoms with Crippen LogP contribution >= 0.6 is 34.2 Å². The summed E-state index contributed by atoms with van der Waals surface area (Å²) in [5.41, 5.74) is 2.55. The maximum atomic E-state index is 6.12. The molecule has 1 aliphatic rings. The molecule has 98 valence electrons. The van der Waals surface area contributed by atoms with Crippen molar-refractivity contribution in [1.82, 2.24) is 5.32 Å². The molecule has 1 aromatic carbocycles. The Balaban J connectivity index is 2.34. The van der Waals surface area contributed by atoms with Crippen molar-refractivity contribution in [2.24, 2.45) is 0 Å². The predicted octanol–water partition coefficient (Wildman–Crippen LogP) is 4.29. The second-order valence-corrected chi connectivity index (χ2v) is 5.92. The average molecular weight is 378 g/mol. The molecule has 0 aliphatic carbocycles. The summed E-state index contributed by atoms with van der Waals surface area (Å²) < 4.78 is 6.69. The Morgan fingerprint density at radius 2 is 2.33 bits per heavy atom. The lowest BCUT2D eigenvalue weighted by Crippen LogP contribution is -2.25. The molecule has 0 saturated carbocycles. The Labute approximate surface area is 127 Å². The molecule has 2 rings (SSSR count). The van der Waals surface area contributed by atoms with Gasteiger partial charge in [0.25, 0.3) is 0 Å². The summed E-state index contributed by atoms with van der Waals surface area (Å²) in [6, 6.07) is 6.25. The molecule has 1 atom stereocenters. The van der Waals surface area contributed by atoms with Crippen LogP contribution in [0.1, 0.15) is 31.4 Å². The third-order valence-electron chi connectivity index (χ3n) is 3.01. The van der Waals surface area contributed by atoms with E-state index in [1.807, 2.05) is 18.4 Å². The van der Waals surface area contributed by atoms with Crippen molar-refractivity contribution < 1.29 is 4.74 Å². The molecule has 0 radical (unpaired) electrons. The lowest BCUT2D eigenvalue weighted by molar-refractivity contribution is 0.219. The molecule has 1 aliphatic heterocycles. The Kier molecular flexibility index (Phi) is 5.33. The van der Waals surface area contributed by atoms with Crippen LogP contribution < -0.4 is 5.32 Å². The third-order valence-corrected chi connectivity index (χ3v) is 4.23. The second-order valence-electron chi connectivity index (χ2n) is 4.32. The molecule has 4 heteroatoms. The van der Waals surface area contributed by atoms with Crippen molar-refractivity contribution in [3.05, 3.63) is 44.2 Å². The van der Waals surface area contributed by atoms with Gasteiger partial charge < -0.3 is 10.1 Å². The summed E-state index contributed by atoms with van der Waals surface area (Å²) in [7, 11) is 0. The first-order chi connectivity index (χ1) is 8.72. The molecule has 0 aromatic heterocycles. The van der Waals surface area contributed by atoms with Crippen molar-refractivity contribution in [2.75, 3.05) is 13.2 Å². The van der Waals surface area contributed by atoms with Gasteiger partial charge in [-0.1, -0.05) is 18.5 Å². The van der Waals surface area contributed by atoms with Gasteiger partial charge in [0.1, 0.15) is 0 Å². The van der Waals surface area contributed by atoms with Crippen LogP contribution in [0.4, 0.5) is 0 Å². The van der Waals surface area contributed by atoms with E-state index in [0.717, 1.165) is 31.0 Å².